The molecule has 6 aromatic rings. The number of likely N-dealkylation sites (tertiary alicyclic amines) is 1. The van der Waals surface area contributed by atoms with Crippen molar-refractivity contribution in [1.29, 1.82) is 0 Å². The number of primary amides is 1. The van der Waals surface area contributed by atoms with E-state index in [1.54, 1.807) is 78.1 Å². The van der Waals surface area contributed by atoms with Crippen molar-refractivity contribution in [2.24, 2.45) is 11.5 Å². The number of aromatic carboxylic acids is 1. The van der Waals surface area contributed by atoms with E-state index in [1.807, 2.05) is 42.8 Å². The number of aromatic hydroxyl groups is 1. The van der Waals surface area contributed by atoms with Gasteiger partial charge in [0.25, 0.3) is 0 Å². The van der Waals surface area contributed by atoms with Gasteiger partial charge in [0.1, 0.15) is 42.0 Å². The molecule has 0 radical (unpaired) electrons. The minimum Gasteiger partial charge on any atom is -0.508 e. The van der Waals surface area contributed by atoms with E-state index < -0.39 is 134 Å². The number of amides is 12. The second-order valence-corrected chi connectivity index (χ2v) is 34.2. The van der Waals surface area contributed by atoms with Crippen LogP contribution < -0.4 is 37.2 Å². The molecule has 35 nitrogen and oxygen atoms in total. The van der Waals surface area contributed by atoms with Crippen LogP contribution in [0.25, 0.3) is 33.4 Å². The van der Waals surface area contributed by atoms with Gasteiger partial charge in [-0.3, -0.25) is 62.3 Å². The number of aromatic nitrogens is 2. The molecule has 2 atom stereocenters. The lowest BCUT2D eigenvalue weighted by atomic mass is 9.90. The number of anilines is 1. The number of carbonyl (C=O) groups is 13. The third kappa shape index (κ3) is 29.6. The molecule has 0 saturated carbocycles. The Kier molecular flexibility index (Phi) is 38.3. The van der Waals surface area contributed by atoms with Crippen LogP contribution in [-0.4, -0.2) is 298 Å². The molecule has 0 bridgehead atoms. The summed E-state index contributed by atoms with van der Waals surface area (Å²) < 4.78 is 25.5. The lowest BCUT2D eigenvalue weighted by Gasteiger charge is -2.33. The number of benzene rings is 6. The summed E-state index contributed by atoms with van der Waals surface area (Å²) in [5, 5.41) is 26.0. The molecule has 2 saturated heterocycles. The number of imidazole rings is 1. The number of nitrogens with one attached hydrogen (secondary N) is 2. The van der Waals surface area contributed by atoms with Gasteiger partial charge in [-0.25, -0.2) is 14.7 Å². The number of methoxy groups -OCH3 is 2. The van der Waals surface area contributed by atoms with Gasteiger partial charge in [0.2, 0.25) is 70.9 Å². The van der Waals surface area contributed by atoms with Gasteiger partial charge in [0.05, 0.1) is 75.3 Å². The SMILES string of the molecule is COCCCN(CC(=O)N(CCc1ccc(Br)cc1)CC(=O)N(CCCCN)CC(=O)N[C@@H](CSC1CC(=O)N(c2ccc(-c3c4ccc(=O)cc-4oc4cc(O)ccc34)c(C(=O)O)c2)C1=O)C(N)=O)C(=O)CN(CCCOC(C)C)C(=O)CN(Cc1ccc(OC)cc1)C(=O)CN(Cc1ccccc1)C(=O)CN(CCCN1CCCC1=O)C(=O)CNCCCn1ccnc1. The average molecular weight is 1870 g/mol. The highest BCUT2D eigenvalue weighted by molar-refractivity contribution is 9.10. The number of aryl methyl sites for hydroxylation is 1. The summed E-state index contributed by atoms with van der Waals surface area (Å²) in [6.45, 7) is 1.63. The summed E-state index contributed by atoms with van der Waals surface area (Å²) in [7, 11) is 2.97. The Morgan fingerprint density at radius 3 is 1.84 bits per heavy atom. The molecular weight excluding hydrogens is 1760 g/mol. The van der Waals surface area contributed by atoms with E-state index in [0.29, 0.717) is 85.3 Å². The number of rotatable bonds is 53. The lowest BCUT2D eigenvalue weighted by molar-refractivity contribution is -0.149. The number of fused-ring (bicyclic) bond motifs is 2. The first-order chi connectivity index (χ1) is 62.6. The number of carboxylic acid groups (broad SMARTS) is 1. The standard InChI is InChI=1S/C93H114BrN15O20S/c1-63(2)128-46-14-42-105(87(119)59-108(53-66-20-27-71(127-4)28-21-66)89(121)60-107(52-65-15-6-5-7-16-65)88(120)58-103(40-12-39-101-38-10-17-81(101)113)83(115)51-97-34-11-36-100-44-35-98-62-100)55-85(117)104(41-13-45-126-3)56-86(118)106(43-32-64-18-22-67(94)23-19-64)57-84(116)102(37-9-8-33-95)54-80(112)99-76(91(96)122)61-130-79-50-82(114)109(92(79)123)68-24-29-72(75(47-68)93(124)125)90-73-30-25-69(110)48-77(73)129-78-49-70(111)26-31-74(78)90/h5-7,15-16,18-31,35,44,47-49,62-63,76,79,97,110H,8-14,17,32-34,36-43,45-46,50-61,95H2,1-4H3,(H2,96,122)(H,99,112)(H,124,125)/t76-,79?/m0/s1. The third-order valence-corrected chi connectivity index (χ3v) is 23.9. The highest BCUT2D eigenvalue weighted by atomic mass is 79.9. The van der Waals surface area contributed by atoms with Crippen molar-refractivity contribution in [3.8, 4) is 33.9 Å². The molecule has 2 fully saturated rings. The fraction of sp³-hybridized carbons (Fsp3) is 0.430. The summed E-state index contributed by atoms with van der Waals surface area (Å²) in [5.41, 5.74) is 14.0. The summed E-state index contributed by atoms with van der Waals surface area (Å²) in [5.74, 6) is -9.05. The predicted octanol–water partition coefficient (Wildman–Crippen LogP) is 6.00. The van der Waals surface area contributed by atoms with Gasteiger partial charge in [0, 0.05) is 150 Å². The molecular formula is C93H114BrN15O20S. The minimum atomic E-state index is -1.48. The van der Waals surface area contributed by atoms with Gasteiger partial charge in [0.15, 0.2) is 5.43 Å². The van der Waals surface area contributed by atoms with Gasteiger partial charge in [-0.1, -0.05) is 76.6 Å². The lowest BCUT2D eigenvalue weighted by Crippen LogP contribution is -2.53. The molecule has 1 aromatic heterocycles. The van der Waals surface area contributed by atoms with E-state index in [1.165, 1.54) is 97.0 Å². The van der Waals surface area contributed by atoms with E-state index in [2.05, 4.69) is 31.5 Å². The smallest absolute Gasteiger partial charge is 0.336 e. The van der Waals surface area contributed by atoms with Crippen LogP contribution in [-0.2, 0) is 93.1 Å². The van der Waals surface area contributed by atoms with E-state index in [4.69, 9.17) is 30.1 Å². The molecule has 4 aliphatic rings. The molecule has 8 N–H and O–H groups in total. The maximum atomic E-state index is 15.4. The fourth-order valence-electron chi connectivity index (χ4n) is 15.1. The summed E-state index contributed by atoms with van der Waals surface area (Å²) >= 11 is 4.31. The number of imide groups is 1. The van der Waals surface area contributed by atoms with Crippen LogP contribution in [0, 0.1) is 0 Å². The van der Waals surface area contributed by atoms with Gasteiger partial charge in [-0.05, 0) is 161 Å². The van der Waals surface area contributed by atoms with Crippen molar-refractivity contribution in [1.82, 2.24) is 59.4 Å². The van der Waals surface area contributed by atoms with Crippen LogP contribution in [0.1, 0.15) is 98.7 Å². The second-order valence-electron chi connectivity index (χ2n) is 32.0. The summed E-state index contributed by atoms with van der Waals surface area (Å²) in [6.07, 6.45) is 8.15. The molecule has 1 unspecified atom stereocenters. The molecule has 1 aliphatic carbocycles. The zero-order chi connectivity index (χ0) is 93.3. The average Bonchev–Trinajstić information content (AvgIpc) is 0.817. The number of unbranched alkanes of at least 4 members (excludes halogenated alkanes) is 1. The number of carboxylic acids is 1. The Morgan fingerprint density at radius 2 is 1.23 bits per heavy atom. The van der Waals surface area contributed by atoms with Crippen LogP contribution in [0.5, 0.6) is 11.5 Å². The predicted molar refractivity (Wildman–Crippen MR) is 489 cm³/mol. The van der Waals surface area contributed by atoms with Crippen LogP contribution in [0.3, 0.4) is 0 Å². The van der Waals surface area contributed by atoms with Crippen molar-refractivity contribution in [2.45, 2.75) is 115 Å². The fourth-order valence-corrected chi connectivity index (χ4v) is 16.6. The van der Waals surface area contributed by atoms with E-state index in [0.717, 1.165) is 39.2 Å². The highest BCUT2D eigenvalue weighted by Gasteiger charge is 2.42. The highest BCUT2D eigenvalue weighted by Crippen LogP contribution is 2.44. The molecule has 4 heterocycles. The summed E-state index contributed by atoms with van der Waals surface area (Å²) in [4.78, 5) is 216. The largest absolute Gasteiger partial charge is 0.508 e. The molecule has 694 valence electrons. The Labute approximate surface area is 766 Å². The number of nitrogens with zero attached hydrogens (tertiary/aromatic N) is 11. The number of ether oxygens (including phenoxy) is 3. The number of nitrogens with two attached hydrogens (primary N) is 2. The van der Waals surface area contributed by atoms with Crippen LogP contribution in [0.15, 0.2) is 166 Å². The van der Waals surface area contributed by atoms with E-state index >= 15 is 28.8 Å². The van der Waals surface area contributed by atoms with Crippen LogP contribution in [0.2, 0.25) is 0 Å². The first-order valence-corrected chi connectivity index (χ1v) is 45.2. The molecule has 37 heteroatoms. The first kappa shape index (κ1) is 99.7. The van der Waals surface area contributed by atoms with Gasteiger partial charge >= 0.3 is 5.97 Å². The Hall–Kier alpha value is -12.4. The molecule has 130 heavy (non-hydrogen) atoms. The van der Waals surface area contributed by atoms with E-state index in [-0.39, 0.29) is 155 Å². The Bertz CT molecular complexity index is 5260. The van der Waals surface area contributed by atoms with Crippen molar-refractivity contribution in [3.05, 3.63) is 189 Å². The Morgan fingerprint density at radius 1 is 0.631 bits per heavy atom. The minimum absolute atomic E-state index is 0.0161. The molecule has 0 spiro atoms. The molecule has 5 aromatic carbocycles. The number of hydrogen-bond donors (Lipinski definition) is 6. The number of halogens is 1. The molecule has 10 rings (SSSR count). The number of carbonyl (C=O) groups excluding carboxylic acids is 12. The van der Waals surface area contributed by atoms with Gasteiger partial charge in [-0.15, -0.1) is 11.8 Å². The molecule has 3 aliphatic heterocycles. The Balaban J connectivity index is 0.850. The zero-order valence-corrected chi connectivity index (χ0v) is 76.0. The van der Waals surface area contributed by atoms with Crippen LogP contribution in [0.4, 0.5) is 5.69 Å². The summed E-state index contributed by atoms with van der Waals surface area (Å²) in [6, 6.07) is 33.8. The van der Waals surface area contributed by atoms with Gasteiger partial charge in [-0.2, -0.15) is 0 Å². The topological polar surface area (TPSA) is 443 Å². The third-order valence-electron chi connectivity index (χ3n) is 22.1. The number of thioether (sulfide) groups is 1. The second kappa shape index (κ2) is 49.9. The van der Waals surface area contributed by atoms with E-state index in [9.17, 15) is 48.6 Å². The van der Waals surface area contributed by atoms with Gasteiger partial charge < -0.3 is 94.7 Å². The van der Waals surface area contributed by atoms with Crippen molar-refractivity contribution < 1.29 is 91.2 Å². The van der Waals surface area contributed by atoms with Crippen molar-refractivity contribution >= 4 is 121 Å². The maximum Gasteiger partial charge on any atom is 0.336 e. The zero-order valence-electron chi connectivity index (χ0n) is 73.6. The monoisotopic (exact) mass is 1870 g/mol. The molecule has 12 amide bonds. The van der Waals surface area contributed by atoms with Crippen molar-refractivity contribution in [2.75, 3.05) is 149 Å². The maximum absolute atomic E-state index is 15.4. The number of phenols is 1. The van der Waals surface area contributed by atoms with Crippen LogP contribution >= 0.6 is 27.7 Å². The number of hydrogen-bond acceptors (Lipinski definition) is 23. The normalized spacial score (nSPS) is 13.4. The quantitative estimate of drug-likeness (QED) is 0.0145. The van der Waals surface area contributed by atoms with Crippen molar-refractivity contribution in [3.63, 3.8) is 0 Å². The number of phenolic OH excluding ortho intramolecular Hbond substituents is 1. The first-order valence-electron chi connectivity index (χ1n) is 43.3.